The normalized spacial score (nSPS) is 10.4. The number of rotatable bonds is 1. The summed E-state index contributed by atoms with van der Waals surface area (Å²) in [6, 6.07) is 4.13. The molecule has 0 atom stereocenters. The number of hydrogen-bond acceptors (Lipinski definition) is 4. The van der Waals surface area contributed by atoms with E-state index in [2.05, 4.69) is 20.9 Å². The van der Waals surface area contributed by atoms with Gasteiger partial charge < -0.3 is 10.2 Å². The largest absolute Gasteiger partial charge is 0.432 e. The summed E-state index contributed by atoms with van der Waals surface area (Å²) < 4.78 is 5.95. The van der Waals surface area contributed by atoms with Gasteiger partial charge in [-0.2, -0.15) is 4.98 Å². The molecule has 2 aromatic heterocycles. The van der Waals surface area contributed by atoms with Crippen molar-refractivity contribution in [3.05, 3.63) is 22.2 Å². The Labute approximate surface area is 81.4 Å². The fraction of sp³-hybridized carbons (Fsp3) is 0. The van der Waals surface area contributed by atoms with Crippen LogP contribution in [-0.2, 0) is 0 Å². The number of nitrogen functional groups attached to an aromatic ring is 1. The number of nitrogens with two attached hydrogens (primary N) is 1. The average molecular weight is 245 g/mol. The predicted octanol–water partition coefficient (Wildman–Crippen LogP) is 2.75. The van der Waals surface area contributed by atoms with Gasteiger partial charge in [0.05, 0.1) is 8.66 Å². The van der Waals surface area contributed by atoms with Crippen LogP contribution in [-0.4, -0.2) is 4.98 Å². The van der Waals surface area contributed by atoms with Crippen molar-refractivity contribution in [2.45, 2.75) is 0 Å². The predicted molar refractivity (Wildman–Crippen MR) is 51.9 cm³/mol. The summed E-state index contributed by atoms with van der Waals surface area (Å²) in [5.74, 6) is 0. The fourth-order valence-electron chi connectivity index (χ4n) is 0.853. The van der Waals surface area contributed by atoms with Crippen LogP contribution in [0.5, 0.6) is 0 Å². The lowest BCUT2D eigenvalue weighted by molar-refractivity contribution is 0.581. The Bertz CT molecular complexity index is 357. The van der Waals surface area contributed by atoms with E-state index in [1.165, 1.54) is 0 Å². The van der Waals surface area contributed by atoms with Gasteiger partial charge >= 0.3 is 0 Å². The highest BCUT2D eigenvalue weighted by atomic mass is 79.9. The van der Waals surface area contributed by atoms with Crippen LogP contribution in [0.25, 0.3) is 10.6 Å². The summed E-state index contributed by atoms with van der Waals surface area (Å²) >= 11 is 4.96. The SMILES string of the molecule is Nc1nc(-c2ccc(Br)s2)co1. The van der Waals surface area contributed by atoms with Crippen molar-refractivity contribution in [1.82, 2.24) is 4.98 Å². The van der Waals surface area contributed by atoms with E-state index in [1.54, 1.807) is 17.6 Å². The quantitative estimate of drug-likeness (QED) is 0.840. The average Bonchev–Trinajstić information content (AvgIpc) is 2.58. The first-order valence-electron chi connectivity index (χ1n) is 3.22. The molecule has 0 saturated carbocycles. The number of hydrogen-bond donors (Lipinski definition) is 1. The minimum atomic E-state index is 0.203. The Hall–Kier alpha value is -0.810. The van der Waals surface area contributed by atoms with Gasteiger partial charge in [0.1, 0.15) is 12.0 Å². The smallest absolute Gasteiger partial charge is 0.292 e. The first kappa shape index (κ1) is 7.82. The summed E-state index contributed by atoms with van der Waals surface area (Å²) in [4.78, 5) is 5.04. The molecule has 0 bridgehead atoms. The lowest BCUT2D eigenvalue weighted by atomic mass is 10.4. The zero-order valence-corrected chi connectivity index (χ0v) is 8.35. The van der Waals surface area contributed by atoms with E-state index in [1.807, 2.05) is 12.1 Å². The summed E-state index contributed by atoms with van der Waals surface area (Å²) in [7, 11) is 0. The molecule has 2 heterocycles. The number of aromatic nitrogens is 1. The Morgan fingerprint density at radius 2 is 2.33 bits per heavy atom. The molecular weight excluding hydrogens is 240 g/mol. The molecule has 12 heavy (non-hydrogen) atoms. The van der Waals surface area contributed by atoms with Gasteiger partial charge in [-0.05, 0) is 28.1 Å². The van der Waals surface area contributed by atoms with E-state index < -0.39 is 0 Å². The number of oxazole rings is 1. The molecule has 0 fully saturated rings. The first-order valence-corrected chi connectivity index (χ1v) is 4.83. The third kappa shape index (κ3) is 1.37. The molecule has 0 aromatic carbocycles. The molecule has 3 nitrogen and oxygen atoms in total. The summed E-state index contributed by atoms with van der Waals surface area (Å²) in [6.07, 6.45) is 1.55. The van der Waals surface area contributed by atoms with E-state index in [4.69, 9.17) is 10.2 Å². The van der Waals surface area contributed by atoms with Crippen LogP contribution in [0, 0.1) is 0 Å². The maximum Gasteiger partial charge on any atom is 0.292 e. The number of thiophene rings is 1. The zero-order chi connectivity index (χ0) is 8.55. The second-order valence-corrected chi connectivity index (χ2v) is 4.64. The van der Waals surface area contributed by atoms with Crippen LogP contribution in [0.3, 0.4) is 0 Å². The van der Waals surface area contributed by atoms with Gasteiger partial charge in [0.15, 0.2) is 0 Å². The Balaban J connectivity index is 2.43. The molecule has 0 aliphatic heterocycles. The van der Waals surface area contributed by atoms with Crippen molar-refractivity contribution in [2.24, 2.45) is 0 Å². The Kier molecular flexibility index (Phi) is 1.90. The molecule has 0 unspecified atom stereocenters. The van der Waals surface area contributed by atoms with E-state index >= 15 is 0 Å². The van der Waals surface area contributed by atoms with E-state index in [9.17, 15) is 0 Å². The number of anilines is 1. The lowest BCUT2D eigenvalue weighted by Gasteiger charge is -1.83. The molecule has 0 amide bonds. The van der Waals surface area contributed by atoms with Gasteiger partial charge in [0, 0.05) is 0 Å². The lowest BCUT2D eigenvalue weighted by Crippen LogP contribution is -1.81. The van der Waals surface area contributed by atoms with Gasteiger partial charge in [0.2, 0.25) is 0 Å². The molecule has 62 valence electrons. The van der Waals surface area contributed by atoms with Crippen LogP contribution >= 0.6 is 27.3 Å². The highest BCUT2D eigenvalue weighted by molar-refractivity contribution is 9.11. The molecule has 2 rings (SSSR count). The van der Waals surface area contributed by atoms with Gasteiger partial charge in [-0.25, -0.2) is 0 Å². The van der Waals surface area contributed by atoms with Gasteiger partial charge in [-0.15, -0.1) is 11.3 Å². The van der Waals surface area contributed by atoms with E-state index in [0.29, 0.717) is 0 Å². The van der Waals surface area contributed by atoms with Crippen LogP contribution < -0.4 is 5.73 Å². The molecule has 5 heteroatoms. The molecule has 0 saturated heterocycles. The van der Waals surface area contributed by atoms with Crippen LogP contribution in [0.2, 0.25) is 0 Å². The van der Waals surface area contributed by atoms with E-state index in [0.717, 1.165) is 14.4 Å². The highest BCUT2D eigenvalue weighted by Crippen LogP contribution is 2.30. The molecule has 0 aliphatic carbocycles. The molecule has 0 aliphatic rings. The summed E-state index contributed by atoms with van der Waals surface area (Å²) in [5.41, 5.74) is 6.12. The number of halogens is 1. The Morgan fingerprint density at radius 3 is 2.83 bits per heavy atom. The van der Waals surface area contributed by atoms with Gasteiger partial charge in [-0.1, -0.05) is 0 Å². The maximum atomic E-state index is 5.34. The fourth-order valence-corrected chi connectivity index (χ4v) is 2.19. The van der Waals surface area contributed by atoms with Crippen molar-refractivity contribution in [3.8, 4) is 10.6 Å². The molecule has 0 radical (unpaired) electrons. The summed E-state index contributed by atoms with van der Waals surface area (Å²) in [6.45, 7) is 0. The van der Waals surface area contributed by atoms with Crippen molar-refractivity contribution in [3.63, 3.8) is 0 Å². The molecular formula is C7H5BrN2OS. The van der Waals surface area contributed by atoms with Gasteiger partial charge in [0.25, 0.3) is 6.01 Å². The zero-order valence-electron chi connectivity index (χ0n) is 5.95. The maximum absolute atomic E-state index is 5.34. The second kappa shape index (κ2) is 2.91. The molecule has 2 N–H and O–H groups in total. The topological polar surface area (TPSA) is 52.0 Å². The van der Waals surface area contributed by atoms with Crippen molar-refractivity contribution in [2.75, 3.05) is 5.73 Å². The molecule has 0 spiro atoms. The third-order valence-electron chi connectivity index (χ3n) is 1.35. The first-order chi connectivity index (χ1) is 5.75. The monoisotopic (exact) mass is 244 g/mol. The van der Waals surface area contributed by atoms with Crippen LogP contribution in [0.1, 0.15) is 0 Å². The van der Waals surface area contributed by atoms with Crippen LogP contribution in [0.15, 0.2) is 26.6 Å². The second-order valence-electron chi connectivity index (χ2n) is 2.17. The standard InChI is InChI=1S/C7H5BrN2OS/c8-6-2-1-5(12-6)4-3-11-7(9)10-4/h1-3H,(H2,9,10). The molecule has 2 aromatic rings. The number of nitrogens with zero attached hydrogens (tertiary/aromatic N) is 1. The minimum absolute atomic E-state index is 0.203. The van der Waals surface area contributed by atoms with Gasteiger partial charge in [-0.3, -0.25) is 0 Å². The van der Waals surface area contributed by atoms with Crippen LogP contribution in [0.4, 0.5) is 6.01 Å². The highest BCUT2D eigenvalue weighted by Gasteiger charge is 2.05. The van der Waals surface area contributed by atoms with Crippen molar-refractivity contribution in [1.29, 1.82) is 0 Å². The Morgan fingerprint density at radius 1 is 1.50 bits per heavy atom. The van der Waals surface area contributed by atoms with Crippen molar-refractivity contribution < 1.29 is 4.42 Å². The van der Waals surface area contributed by atoms with Crippen molar-refractivity contribution >= 4 is 33.3 Å². The third-order valence-corrected chi connectivity index (χ3v) is 2.99. The summed E-state index contributed by atoms with van der Waals surface area (Å²) in [5, 5.41) is 0. The minimum Gasteiger partial charge on any atom is -0.432 e. The van der Waals surface area contributed by atoms with E-state index in [-0.39, 0.29) is 6.01 Å².